The minimum absolute atomic E-state index is 0.282. The Morgan fingerprint density at radius 1 is 1.00 bits per heavy atom. The van der Waals surface area contributed by atoms with Gasteiger partial charge in [0.15, 0.2) is 0 Å². The van der Waals surface area contributed by atoms with Gasteiger partial charge in [-0.2, -0.15) is 0 Å². The molecule has 2 aliphatic heterocycles. The van der Waals surface area contributed by atoms with Crippen molar-refractivity contribution < 1.29 is 9.31 Å². The molecule has 0 aromatic heterocycles. The summed E-state index contributed by atoms with van der Waals surface area (Å²) >= 11 is 0. The van der Waals surface area contributed by atoms with Crippen LogP contribution in [-0.2, 0) is 9.31 Å². The summed E-state index contributed by atoms with van der Waals surface area (Å²) in [5.41, 5.74) is 1.74. The molecule has 1 fully saturated rings. The van der Waals surface area contributed by atoms with Crippen molar-refractivity contribution in [1.82, 2.24) is 0 Å². The second-order valence-electron chi connectivity index (χ2n) is 6.56. The van der Waals surface area contributed by atoms with Crippen molar-refractivity contribution in [2.75, 3.05) is 18.0 Å². The Hall–Kier alpha value is -1.26. The average Bonchev–Trinajstić information content (AvgIpc) is 2.97. The first kappa shape index (κ1) is 13.7. The van der Waals surface area contributed by atoms with E-state index in [0.717, 1.165) is 18.6 Å². The van der Waals surface area contributed by atoms with Crippen LogP contribution in [0.15, 0.2) is 36.4 Å². The highest BCUT2D eigenvalue weighted by atomic mass is 16.7. The molecule has 0 unspecified atom stereocenters. The van der Waals surface area contributed by atoms with E-state index >= 15 is 0 Å². The van der Waals surface area contributed by atoms with Gasteiger partial charge < -0.3 is 14.2 Å². The van der Waals surface area contributed by atoms with Crippen LogP contribution in [0.4, 0.5) is 5.69 Å². The fourth-order valence-electron chi connectivity index (χ4n) is 2.54. The molecule has 1 aromatic carbocycles. The fraction of sp³-hybridized carbons (Fsp3) is 0.500. The highest BCUT2D eigenvalue weighted by molar-refractivity contribution is 6.62. The molecule has 0 spiro atoms. The highest BCUT2D eigenvalue weighted by Gasteiger charge is 2.51. The number of hydrogen-bond acceptors (Lipinski definition) is 3. The topological polar surface area (TPSA) is 21.7 Å². The molecule has 20 heavy (non-hydrogen) atoms. The van der Waals surface area contributed by atoms with Gasteiger partial charge in [-0.1, -0.05) is 24.3 Å². The quantitative estimate of drug-likeness (QED) is 0.609. The standard InChI is InChI=1S/C16H22BNO2/c1-15(2)16(3,4)20-17(19-15)13-8-7-9-14(12-13)18-10-5-6-11-18/h5-9,12H,10-11H2,1-4H3. The molecule has 0 bridgehead atoms. The van der Waals surface area contributed by atoms with Gasteiger partial charge in [-0.25, -0.2) is 0 Å². The molecule has 2 heterocycles. The maximum absolute atomic E-state index is 6.11. The predicted molar refractivity (Wildman–Crippen MR) is 83.5 cm³/mol. The number of anilines is 1. The number of benzene rings is 1. The summed E-state index contributed by atoms with van der Waals surface area (Å²) in [6, 6.07) is 8.47. The summed E-state index contributed by atoms with van der Waals surface area (Å²) in [4.78, 5) is 2.33. The molecule has 3 rings (SSSR count). The molecule has 0 aliphatic carbocycles. The largest absolute Gasteiger partial charge is 0.494 e. The van der Waals surface area contributed by atoms with E-state index in [1.165, 1.54) is 5.69 Å². The van der Waals surface area contributed by atoms with Crippen molar-refractivity contribution in [3.8, 4) is 0 Å². The summed E-state index contributed by atoms with van der Waals surface area (Å²) in [6.45, 7) is 10.3. The van der Waals surface area contributed by atoms with Gasteiger partial charge >= 0.3 is 7.12 Å². The first-order valence-corrected chi connectivity index (χ1v) is 7.25. The number of hydrogen-bond donors (Lipinski definition) is 0. The molecular weight excluding hydrogens is 249 g/mol. The van der Waals surface area contributed by atoms with Crippen LogP contribution in [0.2, 0.25) is 0 Å². The van der Waals surface area contributed by atoms with Gasteiger partial charge in [0.1, 0.15) is 0 Å². The molecule has 0 atom stereocenters. The van der Waals surface area contributed by atoms with Crippen molar-refractivity contribution in [2.24, 2.45) is 0 Å². The zero-order valence-electron chi connectivity index (χ0n) is 12.7. The lowest BCUT2D eigenvalue weighted by Gasteiger charge is -2.32. The smallest absolute Gasteiger partial charge is 0.399 e. The Morgan fingerprint density at radius 2 is 1.60 bits per heavy atom. The Kier molecular flexibility index (Phi) is 3.18. The minimum Gasteiger partial charge on any atom is -0.399 e. The normalized spacial score (nSPS) is 23.6. The van der Waals surface area contributed by atoms with E-state index in [1.54, 1.807) is 0 Å². The molecule has 0 saturated carbocycles. The Balaban J connectivity index is 1.83. The molecule has 0 amide bonds. The minimum atomic E-state index is -0.289. The van der Waals surface area contributed by atoms with Gasteiger partial charge in [0, 0.05) is 18.8 Å². The van der Waals surface area contributed by atoms with Gasteiger partial charge in [-0.15, -0.1) is 0 Å². The molecule has 0 radical (unpaired) electrons. The Morgan fingerprint density at radius 3 is 2.20 bits per heavy atom. The van der Waals surface area contributed by atoms with E-state index in [2.05, 4.69) is 69.0 Å². The molecule has 1 saturated heterocycles. The van der Waals surface area contributed by atoms with E-state index in [1.807, 2.05) is 0 Å². The third kappa shape index (κ3) is 2.27. The van der Waals surface area contributed by atoms with Crippen molar-refractivity contribution in [3.63, 3.8) is 0 Å². The van der Waals surface area contributed by atoms with Crippen LogP contribution in [0, 0.1) is 0 Å². The second kappa shape index (κ2) is 4.64. The van der Waals surface area contributed by atoms with E-state index in [9.17, 15) is 0 Å². The van der Waals surface area contributed by atoms with Crippen molar-refractivity contribution in [2.45, 2.75) is 38.9 Å². The third-order valence-corrected chi connectivity index (χ3v) is 4.58. The van der Waals surface area contributed by atoms with Crippen molar-refractivity contribution in [3.05, 3.63) is 36.4 Å². The number of rotatable bonds is 2. The highest BCUT2D eigenvalue weighted by Crippen LogP contribution is 2.36. The van der Waals surface area contributed by atoms with Gasteiger partial charge in [-0.3, -0.25) is 0 Å². The van der Waals surface area contributed by atoms with Crippen LogP contribution in [0.5, 0.6) is 0 Å². The second-order valence-corrected chi connectivity index (χ2v) is 6.56. The predicted octanol–water partition coefficient (Wildman–Crippen LogP) is 2.36. The Labute approximate surface area is 121 Å². The molecule has 4 heteroatoms. The van der Waals surface area contributed by atoms with E-state index < -0.39 is 0 Å². The van der Waals surface area contributed by atoms with Gasteiger partial charge in [-0.05, 0) is 45.3 Å². The van der Waals surface area contributed by atoms with E-state index in [4.69, 9.17) is 9.31 Å². The molecular formula is C16H22BNO2. The first-order chi connectivity index (χ1) is 9.39. The monoisotopic (exact) mass is 271 g/mol. The molecule has 0 N–H and O–H groups in total. The lowest BCUT2D eigenvalue weighted by Crippen LogP contribution is -2.41. The average molecular weight is 271 g/mol. The van der Waals surface area contributed by atoms with Gasteiger partial charge in [0.05, 0.1) is 11.2 Å². The number of nitrogens with zero attached hydrogens (tertiary/aromatic N) is 1. The van der Waals surface area contributed by atoms with E-state index in [-0.39, 0.29) is 18.3 Å². The zero-order valence-corrected chi connectivity index (χ0v) is 12.7. The van der Waals surface area contributed by atoms with Gasteiger partial charge in [0.2, 0.25) is 0 Å². The van der Waals surface area contributed by atoms with Gasteiger partial charge in [0.25, 0.3) is 0 Å². The van der Waals surface area contributed by atoms with Crippen LogP contribution in [-0.4, -0.2) is 31.4 Å². The van der Waals surface area contributed by atoms with Crippen LogP contribution < -0.4 is 10.4 Å². The van der Waals surface area contributed by atoms with Crippen LogP contribution in [0.25, 0.3) is 0 Å². The molecule has 106 valence electrons. The summed E-state index contributed by atoms with van der Waals surface area (Å²) < 4.78 is 12.2. The Bertz CT molecular complexity index is 515. The molecule has 2 aliphatic rings. The van der Waals surface area contributed by atoms with Crippen LogP contribution in [0.3, 0.4) is 0 Å². The summed E-state index contributed by atoms with van der Waals surface area (Å²) in [5.74, 6) is 0. The van der Waals surface area contributed by atoms with Crippen molar-refractivity contribution >= 4 is 18.3 Å². The maximum atomic E-state index is 6.11. The summed E-state index contributed by atoms with van der Waals surface area (Å²) in [5, 5.41) is 0. The first-order valence-electron chi connectivity index (χ1n) is 7.25. The van der Waals surface area contributed by atoms with Crippen LogP contribution in [0.1, 0.15) is 27.7 Å². The fourth-order valence-corrected chi connectivity index (χ4v) is 2.54. The van der Waals surface area contributed by atoms with Crippen molar-refractivity contribution in [1.29, 1.82) is 0 Å². The third-order valence-electron chi connectivity index (χ3n) is 4.58. The lowest BCUT2D eigenvalue weighted by atomic mass is 9.79. The SMILES string of the molecule is CC1(C)OB(c2cccc(N3CC=CC3)c2)OC1(C)C. The molecule has 1 aromatic rings. The maximum Gasteiger partial charge on any atom is 0.494 e. The summed E-state index contributed by atoms with van der Waals surface area (Å²) in [6.07, 6.45) is 4.39. The van der Waals surface area contributed by atoms with Crippen LogP contribution >= 0.6 is 0 Å². The van der Waals surface area contributed by atoms with E-state index in [0.29, 0.717) is 0 Å². The summed E-state index contributed by atoms with van der Waals surface area (Å²) in [7, 11) is -0.282. The zero-order chi connectivity index (χ0) is 14.4. The molecule has 3 nitrogen and oxygen atoms in total. The lowest BCUT2D eigenvalue weighted by molar-refractivity contribution is 0.00578.